The van der Waals surface area contributed by atoms with E-state index in [0.717, 1.165) is 40.7 Å². The lowest BCUT2D eigenvalue weighted by atomic mass is 10.0. The molecule has 0 radical (unpaired) electrons. The van der Waals surface area contributed by atoms with Gasteiger partial charge in [0.25, 0.3) is 5.91 Å². The Bertz CT molecular complexity index is 1220. The van der Waals surface area contributed by atoms with Crippen molar-refractivity contribution in [3.05, 3.63) is 81.2 Å². The van der Waals surface area contributed by atoms with Gasteiger partial charge in [0.1, 0.15) is 5.82 Å². The SMILES string of the molecule is O=C(NCCc1nc2c(s1)CCCC2)c1nn(Cc2cccc(F)c2)c2ccccc12. The van der Waals surface area contributed by atoms with E-state index in [0.29, 0.717) is 18.8 Å². The number of hydrogen-bond donors (Lipinski definition) is 1. The van der Waals surface area contributed by atoms with Crippen molar-refractivity contribution < 1.29 is 9.18 Å². The van der Waals surface area contributed by atoms with Crippen molar-refractivity contribution in [1.29, 1.82) is 0 Å². The van der Waals surface area contributed by atoms with Gasteiger partial charge in [0.2, 0.25) is 0 Å². The fraction of sp³-hybridized carbons (Fsp3) is 0.292. The van der Waals surface area contributed by atoms with Crippen LogP contribution in [0.1, 0.15) is 44.5 Å². The number of nitrogens with one attached hydrogen (secondary N) is 1. The minimum absolute atomic E-state index is 0.199. The molecule has 7 heteroatoms. The molecule has 0 saturated carbocycles. The van der Waals surface area contributed by atoms with Gasteiger partial charge < -0.3 is 5.32 Å². The van der Waals surface area contributed by atoms with Gasteiger partial charge in [-0.3, -0.25) is 9.48 Å². The molecular weight excluding hydrogens is 411 g/mol. The molecule has 0 saturated heterocycles. The summed E-state index contributed by atoms with van der Waals surface area (Å²) in [5, 5.41) is 9.44. The van der Waals surface area contributed by atoms with Gasteiger partial charge in [0.05, 0.1) is 22.8 Å². The summed E-state index contributed by atoms with van der Waals surface area (Å²) in [6, 6.07) is 14.1. The molecule has 1 aliphatic rings. The quantitative estimate of drug-likeness (QED) is 0.485. The molecular formula is C24H23FN4OS. The van der Waals surface area contributed by atoms with Gasteiger partial charge in [-0.05, 0) is 49.4 Å². The van der Waals surface area contributed by atoms with Crippen molar-refractivity contribution in [3.8, 4) is 0 Å². The van der Waals surface area contributed by atoms with E-state index in [-0.39, 0.29) is 11.7 Å². The monoisotopic (exact) mass is 434 g/mol. The number of halogens is 1. The number of carbonyl (C=O) groups excluding carboxylic acids is 1. The number of aromatic nitrogens is 3. The fourth-order valence-corrected chi connectivity index (χ4v) is 5.26. The van der Waals surface area contributed by atoms with Crippen LogP contribution in [0.25, 0.3) is 10.9 Å². The molecule has 1 N–H and O–H groups in total. The normalized spacial score (nSPS) is 13.3. The second-order valence-electron chi connectivity index (χ2n) is 7.84. The predicted octanol–water partition coefficient (Wildman–Crippen LogP) is 4.53. The van der Waals surface area contributed by atoms with Gasteiger partial charge in [-0.25, -0.2) is 9.37 Å². The standard InChI is InChI=1S/C24H23FN4OS/c25-17-7-5-6-16(14-17)15-29-20-10-3-1-8-18(20)23(28-29)24(30)26-13-12-22-27-19-9-2-4-11-21(19)31-22/h1,3,5-8,10,14H,2,4,9,11-13,15H2,(H,26,30). The maximum Gasteiger partial charge on any atom is 0.272 e. The molecule has 0 atom stereocenters. The minimum atomic E-state index is -0.282. The lowest BCUT2D eigenvalue weighted by Gasteiger charge is -2.06. The Kier molecular flexibility index (Phi) is 5.51. The Hall–Kier alpha value is -3.06. The third kappa shape index (κ3) is 4.23. The molecule has 4 aromatic rings. The van der Waals surface area contributed by atoms with Crippen LogP contribution in [0.5, 0.6) is 0 Å². The summed E-state index contributed by atoms with van der Waals surface area (Å²) in [5.41, 5.74) is 3.29. The molecule has 5 nitrogen and oxygen atoms in total. The topological polar surface area (TPSA) is 59.8 Å². The molecule has 0 bridgehead atoms. The molecule has 5 rings (SSSR count). The molecule has 1 amide bonds. The Morgan fingerprint density at radius 1 is 1.13 bits per heavy atom. The zero-order valence-electron chi connectivity index (χ0n) is 17.1. The summed E-state index contributed by atoms with van der Waals surface area (Å²) in [4.78, 5) is 19.1. The summed E-state index contributed by atoms with van der Waals surface area (Å²) in [7, 11) is 0. The number of hydrogen-bond acceptors (Lipinski definition) is 4. The van der Waals surface area contributed by atoms with E-state index in [1.165, 1.54) is 35.5 Å². The third-order valence-corrected chi connectivity index (χ3v) is 6.83. The van der Waals surface area contributed by atoms with E-state index in [1.54, 1.807) is 22.1 Å². The zero-order valence-corrected chi connectivity index (χ0v) is 17.9. The number of aryl methyl sites for hydroxylation is 2. The summed E-state index contributed by atoms with van der Waals surface area (Å²) < 4.78 is 15.3. The minimum Gasteiger partial charge on any atom is -0.350 e. The molecule has 2 aromatic heterocycles. The van der Waals surface area contributed by atoms with Crippen molar-refractivity contribution in [2.45, 2.75) is 38.6 Å². The molecule has 2 heterocycles. The number of fused-ring (bicyclic) bond motifs is 2. The Morgan fingerprint density at radius 3 is 2.87 bits per heavy atom. The molecule has 0 aliphatic heterocycles. The highest BCUT2D eigenvalue weighted by Gasteiger charge is 2.18. The summed E-state index contributed by atoms with van der Waals surface area (Å²) in [6.45, 7) is 0.923. The molecule has 2 aromatic carbocycles. The number of thiazole rings is 1. The molecule has 0 fully saturated rings. The van der Waals surface area contributed by atoms with Gasteiger partial charge >= 0.3 is 0 Å². The number of amides is 1. The van der Waals surface area contributed by atoms with E-state index in [9.17, 15) is 9.18 Å². The van der Waals surface area contributed by atoms with Crippen LogP contribution in [0.2, 0.25) is 0 Å². The number of carbonyl (C=O) groups is 1. The van der Waals surface area contributed by atoms with E-state index >= 15 is 0 Å². The van der Waals surface area contributed by atoms with Crippen molar-refractivity contribution >= 4 is 28.1 Å². The van der Waals surface area contributed by atoms with Crippen molar-refractivity contribution in [2.24, 2.45) is 0 Å². The lowest BCUT2D eigenvalue weighted by molar-refractivity contribution is 0.0950. The Balaban J connectivity index is 1.31. The first kappa shape index (κ1) is 19.9. The van der Waals surface area contributed by atoms with Gasteiger partial charge in [-0.2, -0.15) is 5.10 Å². The first-order valence-electron chi connectivity index (χ1n) is 10.6. The van der Waals surface area contributed by atoms with Gasteiger partial charge in [-0.15, -0.1) is 11.3 Å². The van der Waals surface area contributed by atoms with Gasteiger partial charge in [0.15, 0.2) is 5.69 Å². The van der Waals surface area contributed by atoms with Crippen LogP contribution in [0.4, 0.5) is 4.39 Å². The van der Waals surface area contributed by atoms with Crippen molar-refractivity contribution in [1.82, 2.24) is 20.1 Å². The highest BCUT2D eigenvalue weighted by molar-refractivity contribution is 7.11. The van der Waals surface area contributed by atoms with Gasteiger partial charge in [-0.1, -0.05) is 30.3 Å². The second kappa shape index (κ2) is 8.59. The van der Waals surface area contributed by atoms with E-state index in [4.69, 9.17) is 4.98 Å². The Morgan fingerprint density at radius 2 is 2.00 bits per heavy atom. The molecule has 0 spiro atoms. The van der Waals surface area contributed by atoms with Gasteiger partial charge in [0, 0.05) is 23.2 Å². The van der Waals surface area contributed by atoms with E-state index < -0.39 is 0 Å². The van der Waals surface area contributed by atoms with Crippen LogP contribution in [0, 0.1) is 5.82 Å². The highest BCUT2D eigenvalue weighted by Crippen LogP contribution is 2.27. The number of benzene rings is 2. The summed E-state index contributed by atoms with van der Waals surface area (Å²) >= 11 is 1.78. The highest BCUT2D eigenvalue weighted by atomic mass is 32.1. The number of para-hydroxylation sites is 1. The van der Waals surface area contributed by atoms with Crippen LogP contribution in [-0.4, -0.2) is 27.2 Å². The maximum absolute atomic E-state index is 13.6. The number of nitrogens with zero attached hydrogens (tertiary/aromatic N) is 3. The number of rotatable bonds is 6. The van der Waals surface area contributed by atoms with Crippen LogP contribution >= 0.6 is 11.3 Å². The molecule has 0 unspecified atom stereocenters. The van der Waals surface area contributed by atoms with Crippen LogP contribution in [0.15, 0.2) is 48.5 Å². The Labute approximate surface area is 183 Å². The largest absolute Gasteiger partial charge is 0.350 e. The maximum atomic E-state index is 13.6. The van der Waals surface area contributed by atoms with Crippen LogP contribution in [0.3, 0.4) is 0 Å². The average molecular weight is 435 g/mol. The van der Waals surface area contributed by atoms with Crippen LogP contribution in [-0.2, 0) is 25.8 Å². The van der Waals surface area contributed by atoms with E-state index in [1.807, 2.05) is 30.3 Å². The third-order valence-electron chi connectivity index (χ3n) is 5.61. The lowest BCUT2D eigenvalue weighted by Crippen LogP contribution is -2.26. The molecule has 158 valence electrons. The molecule has 31 heavy (non-hydrogen) atoms. The summed E-state index contributed by atoms with van der Waals surface area (Å²) in [6.07, 6.45) is 5.40. The van der Waals surface area contributed by atoms with Crippen molar-refractivity contribution in [3.63, 3.8) is 0 Å². The van der Waals surface area contributed by atoms with Crippen molar-refractivity contribution in [2.75, 3.05) is 6.54 Å². The smallest absolute Gasteiger partial charge is 0.272 e. The average Bonchev–Trinajstić information content (AvgIpc) is 3.35. The first-order chi connectivity index (χ1) is 15.2. The predicted molar refractivity (Wildman–Crippen MR) is 120 cm³/mol. The zero-order chi connectivity index (χ0) is 21.2. The second-order valence-corrected chi connectivity index (χ2v) is 9.01. The van der Waals surface area contributed by atoms with Crippen LogP contribution < -0.4 is 5.32 Å². The molecule has 1 aliphatic carbocycles. The first-order valence-corrected chi connectivity index (χ1v) is 11.4. The summed E-state index contributed by atoms with van der Waals surface area (Å²) in [5.74, 6) is -0.480. The van der Waals surface area contributed by atoms with E-state index in [2.05, 4.69) is 10.4 Å². The fourth-order valence-electron chi connectivity index (χ4n) is 4.10.